The van der Waals surface area contributed by atoms with Gasteiger partial charge in [0.25, 0.3) is 5.91 Å². The van der Waals surface area contributed by atoms with Crippen molar-refractivity contribution >= 4 is 11.8 Å². The van der Waals surface area contributed by atoms with Gasteiger partial charge in [0.05, 0.1) is 25.2 Å². The van der Waals surface area contributed by atoms with Gasteiger partial charge in [-0.15, -0.1) is 0 Å². The Balaban J connectivity index is 1.68. The van der Waals surface area contributed by atoms with Gasteiger partial charge in [-0.05, 0) is 17.7 Å². The van der Waals surface area contributed by atoms with E-state index in [9.17, 15) is 9.59 Å². The van der Waals surface area contributed by atoms with Crippen LogP contribution in [0.5, 0.6) is 5.75 Å². The normalized spacial score (nSPS) is 24.5. The van der Waals surface area contributed by atoms with Crippen molar-refractivity contribution in [2.45, 2.75) is 12.6 Å². The lowest BCUT2D eigenvalue weighted by Gasteiger charge is -2.29. The maximum atomic E-state index is 12.4. The third kappa shape index (κ3) is 3.85. The van der Waals surface area contributed by atoms with E-state index in [2.05, 4.69) is 4.90 Å². The Labute approximate surface area is 141 Å². The van der Waals surface area contributed by atoms with Crippen molar-refractivity contribution in [3.05, 3.63) is 29.8 Å². The van der Waals surface area contributed by atoms with Gasteiger partial charge >= 0.3 is 0 Å². The smallest absolute Gasteiger partial charge is 0.255 e. The van der Waals surface area contributed by atoms with E-state index in [0.29, 0.717) is 25.5 Å². The molecule has 1 aromatic carbocycles. The van der Waals surface area contributed by atoms with E-state index in [1.807, 2.05) is 30.1 Å². The first-order chi connectivity index (χ1) is 11.5. The third-order valence-electron chi connectivity index (χ3n) is 4.51. The van der Waals surface area contributed by atoms with Crippen LogP contribution in [-0.2, 0) is 20.9 Å². The largest absolute Gasteiger partial charge is 0.484 e. The van der Waals surface area contributed by atoms with Crippen LogP contribution in [0.4, 0.5) is 0 Å². The Bertz CT molecular complexity index is 622. The van der Waals surface area contributed by atoms with Crippen LogP contribution in [0.2, 0.25) is 0 Å². The molecule has 2 aliphatic rings. The molecule has 130 valence electrons. The van der Waals surface area contributed by atoms with Crippen LogP contribution >= 0.6 is 0 Å². The van der Waals surface area contributed by atoms with Gasteiger partial charge in [0.15, 0.2) is 6.61 Å². The molecule has 2 bridgehead atoms. The number of nitrogens with zero attached hydrogens (tertiary/aromatic N) is 2. The highest BCUT2D eigenvalue weighted by atomic mass is 16.5. The lowest BCUT2D eigenvalue weighted by molar-refractivity contribution is -0.134. The molecular formula is C17H23N3O4. The second kappa shape index (κ2) is 7.19. The number of amides is 2. The van der Waals surface area contributed by atoms with Gasteiger partial charge in [-0.1, -0.05) is 12.1 Å². The zero-order valence-electron chi connectivity index (χ0n) is 13.8. The molecule has 2 aliphatic heterocycles. The highest BCUT2D eigenvalue weighted by molar-refractivity contribution is 5.80. The van der Waals surface area contributed by atoms with Crippen LogP contribution in [0, 0.1) is 5.92 Å². The average Bonchev–Trinajstić information content (AvgIpc) is 2.72. The Hall–Kier alpha value is -2.12. The van der Waals surface area contributed by atoms with Crippen LogP contribution in [-0.4, -0.2) is 67.6 Å². The summed E-state index contributed by atoms with van der Waals surface area (Å²) in [7, 11) is 1.86. The Morgan fingerprint density at radius 3 is 3.00 bits per heavy atom. The minimum Gasteiger partial charge on any atom is -0.484 e. The summed E-state index contributed by atoms with van der Waals surface area (Å²) in [5, 5.41) is 0. The molecule has 2 atom stereocenters. The summed E-state index contributed by atoms with van der Waals surface area (Å²) in [5.74, 6) is 0.176. The van der Waals surface area contributed by atoms with Crippen LogP contribution in [0.15, 0.2) is 24.3 Å². The molecule has 0 unspecified atom stereocenters. The Kier molecular flexibility index (Phi) is 5.01. The number of likely N-dealkylation sites (N-methyl/N-ethyl adjacent to an activating group) is 1. The van der Waals surface area contributed by atoms with Gasteiger partial charge in [-0.25, -0.2) is 0 Å². The fourth-order valence-corrected chi connectivity index (χ4v) is 3.26. The third-order valence-corrected chi connectivity index (χ3v) is 4.51. The van der Waals surface area contributed by atoms with Crippen molar-refractivity contribution in [1.29, 1.82) is 0 Å². The molecule has 24 heavy (non-hydrogen) atoms. The van der Waals surface area contributed by atoms with Crippen molar-refractivity contribution < 1.29 is 19.1 Å². The van der Waals surface area contributed by atoms with Crippen LogP contribution in [0.3, 0.4) is 0 Å². The maximum Gasteiger partial charge on any atom is 0.255 e. The number of fused-ring (bicyclic) bond motifs is 3. The van der Waals surface area contributed by atoms with Gasteiger partial charge < -0.3 is 20.1 Å². The molecule has 0 radical (unpaired) electrons. The van der Waals surface area contributed by atoms with Crippen LogP contribution < -0.4 is 10.5 Å². The molecule has 2 heterocycles. The lowest BCUT2D eigenvalue weighted by atomic mass is 10.1. The summed E-state index contributed by atoms with van der Waals surface area (Å²) in [6, 6.07) is 7.70. The number of rotatable bonds is 5. The molecule has 2 amide bonds. The number of primary amides is 1. The number of hydrogen-bond acceptors (Lipinski definition) is 5. The molecule has 7 nitrogen and oxygen atoms in total. The Morgan fingerprint density at radius 2 is 2.21 bits per heavy atom. The minimum atomic E-state index is -0.498. The summed E-state index contributed by atoms with van der Waals surface area (Å²) in [6.45, 7) is 3.13. The fraction of sp³-hybridized carbons (Fsp3) is 0.529. The van der Waals surface area contributed by atoms with Crippen LogP contribution in [0.25, 0.3) is 0 Å². The van der Waals surface area contributed by atoms with Crippen molar-refractivity contribution in [3.8, 4) is 5.75 Å². The molecule has 0 saturated carbocycles. The number of hydrogen-bond donors (Lipinski definition) is 1. The number of nitrogens with two attached hydrogens (primary N) is 1. The molecule has 0 aromatic heterocycles. The maximum absolute atomic E-state index is 12.4. The molecule has 2 N–H and O–H groups in total. The molecule has 7 heteroatoms. The molecule has 1 aromatic rings. The number of carbonyl (C=O) groups is 2. The first-order valence-electron chi connectivity index (χ1n) is 8.09. The van der Waals surface area contributed by atoms with Crippen molar-refractivity contribution in [2.75, 3.05) is 40.0 Å². The Morgan fingerprint density at radius 1 is 1.38 bits per heavy atom. The van der Waals surface area contributed by atoms with Gasteiger partial charge in [0.2, 0.25) is 5.91 Å². The number of ether oxygens (including phenoxy) is 2. The topological polar surface area (TPSA) is 85.1 Å². The predicted molar refractivity (Wildman–Crippen MR) is 87.3 cm³/mol. The summed E-state index contributed by atoms with van der Waals surface area (Å²) >= 11 is 0. The van der Waals surface area contributed by atoms with Crippen molar-refractivity contribution in [2.24, 2.45) is 11.7 Å². The summed E-state index contributed by atoms with van der Waals surface area (Å²) < 4.78 is 11.0. The first-order valence-corrected chi connectivity index (χ1v) is 8.09. The van der Waals surface area contributed by atoms with Gasteiger partial charge in [-0.3, -0.25) is 14.5 Å². The van der Waals surface area contributed by atoms with Crippen molar-refractivity contribution in [1.82, 2.24) is 9.80 Å². The van der Waals surface area contributed by atoms with E-state index in [-0.39, 0.29) is 24.5 Å². The zero-order valence-corrected chi connectivity index (χ0v) is 13.8. The van der Waals surface area contributed by atoms with E-state index in [1.165, 1.54) is 0 Å². The molecule has 0 aliphatic carbocycles. The first kappa shape index (κ1) is 16.7. The number of benzene rings is 1. The summed E-state index contributed by atoms with van der Waals surface area (Å²) in [5.41, 5.74) is 6.18. The molecule has 2 fully saturated rings. The lowest BCUT2D eigenvalue weighted by Crippen LogP contribution is -2.42. The average molecular weight is 333 g/mol. The number of carbonyl (C=O) groups excluding carboxylic acids is 2. The van der Waals surface area contributed by atoms with Gasteiger partial charge in [0.1, 0.15) is 5.75 Å². The minimum absolute atomic E-state index is 0.0827. The molecule has 0 spiro atoms. The second-order valence-corrected chi connectivity index (χ2v) is 6.43. The summed E-state index contributed by atoms with van der Waals surface area (Å²) in [6.07, 6.45) is 0. The highest BCUT2D eigenvalue weighted by Gasteiger charge is 2.37. The van der Waals surface area contributed by atoms with Crippen LogP contribution in [0.1, 0.15) is 5.56 Å². The highest BCUT2D eigenvalue weighted by Crippen LogP contribution is 2.22. The van der Waals surface area contributed by atoms with E-state index in [1.54, 1.807) is 6.07 Å². The molecule has 2 saturated heterocycles. The van der Waals surface area contributed by atoms with Crippen molar-refractivity contribution in [3.63, 3.8) is 0 Å². The second-order valence-electron chi connectivity index (χ2n) is 6.43. The monoisotopic (exact) mass is 333 g/mol. The van der Waals surface area contributed by atoms with E-state index >= 15 is 0 Å². The van der Waals surface area contributed by atoms with Gasteiger partial charge in [-0.2, -0.15) is 0 Å². The molecular weight excluding hydrogens is 310 g/mol. The van der Waals surface area contributed by atoms with E-state index < -0.39 is 5.91 Å². The fourth-order valence-electron chi connectivity index (χ4n) is 3.26. The molecule has 3 rings (SSSR count). The standard InChI is InChI=1S/C17H23N3O4/c1-19-14-8-20(7-13(17(19)22)9-23-10-14)6-12-3-2-4-15(5-12)24-11-16(18)21/h2-5,13-14H,6-11H2,1H3,(H2,18,21)/t13-,14+/m1/s1. The predicted octanol–water partition coefficient (Wildman–Crippen LogP) is -0.160. The van der Waals surface area contributed by atoms with E-state index in [4.69, 9.17) is 15.2 Å². The van der Waals surface area contributed by atoms with E-state index in [0.717, 1.165) is 18.7 Å². The zero-order chi connectivity index (χ0) is 17.1. The quantitative estimate of drug-likeness (QED) is 0.809. The van der Waals surface area contributed by atoms with Gasteiger partial charge in [0, 0.05) is 26.7 Å². The SMILES string of the molecule is CN1C(=O)[C@H]2COC[C@@H]1CN(Cc1cccc(OCC(N)=O)c1)C2. The summed E-state index contributed by atoms with van der Waals surface area (Å²) in [4.78, 5) is 27.3.